The number of unbranched alkanes of at least 4 members (excludes halogenated alkanes) is 4. The fraction of sp³-hybridized carbons (Fsp3) is 0.514. The van der Waals surface area contributed by atoms with E-state index in [0.29, 0.717) is 0 Å². The molecule has 1 fully saturated rings. The van der Waals surface area contributed by atoms with Crippen molar-refractivity contribution in [3.8, 4) is 0 Å². The van der Waals surface area contributed by atoms with Crippen LogP contribution >= 0.6 is 0 Å². The molecule has 2 unspecified atom stereocenters. The zero-order chi connectivity index (χ0) is 33.0. The van der Waals surface area contributed by atoms with Gasteiger partial charge in [-0.3, -0.25) is 23.8 Å². The average Bonchev–Trinajstić information content (AvgIpc) is 3.27. The molecular formula is C35H50N3O6S+. The minimum absolute atomic E-state index is 0.149. The van der Waals surface area contributed by atoms with E-state index in [2.05, 4.69) is 27.7 Å². The van der Waals surface area contributed by atoms with Crippen LogP contribution in [0.15, 0.2) is 60.7 Å². The number of carbonyl (C=O) groups is 3. The summed E-state index contributed by atoms with van der Waals surface area (Å²) in [6, 6.07) is 12.4. The van der Waals surface area contributed by atoms with Crippen LogP contribution < -0.4 is 0 Å². The zero-order valence-electron chi connectivity index (χ0n) is 27.2. The van der Waals surface area contributed by atoms with Gasteiger partial charge in [0, 0.05) is 0 Å². The first-order valence-corrected chi connectivity index (χ1v) is 17.8. The molecule has 2 aromatic rings. The van der Waals surface area contributed by atoms with E-state index < -0.39 is 40.1 Å². The molecule has 9 nitrogen and oxygen atoms in total. The third-order valence-corrected chi connectivity index (χ3v) is 9.57. The third-order valence-electron chi connectivity index (χ3n) is 8.65. The summed E-state index contributed by atoms with van der Waals surface area (Å²) in [7, 11) is -4.85. The van der Waals surface area contributed by atoms with Gasteiger partial charge in [-0.2, -0.15) is 8.42 Å². The molecule has 2 heterocycles. The number of rotatable bonds is 16. The average molecular weight is 641 g/mol. The molecule has 246 valence electrons. The van der Waals surface area contributed by atoms with Crippen molar-refractivity contribution in [2.24, 2.45) is 0 Å². The molecule has 0 saturated carbocycles. The van der Waals surface area contributed by atoms with Crippen molar-refractivity contribution in [2.75, 3.05) is 26.2 Å². The van der Waals surface area contributed by atoms with Crippen molar-refractivity contribution in [2.45, 2.75) is 91.1 Å². The molecule has 3 amide bonds. The van der Waals surface area contributed by atoms with Crippen LogP contribution in [-0.4, -0.2) is 82.6 Å². The quantitative estimate of drug-likeness (QED) is 0.0986. The molecule has 0 radical (unpaired) electrons. The molecule has 2 atom stereocenters. The van der Waals surface area contributed by atoms with Gasteiger partial charge in [-0.1, -0.05) is 108 Å². The maximum Gasteiger partial charge on any atom is 0.362 e. The lowest BCUT2D eigenvalue weighted by molar-refractivity contribution is -0.929. The standard InChI is InChI=1S/C19H14N2O6S.C16H36N/c22-17-13-8-4-5-9-14(13)18(23)20(17)16-15(21(19(16)24)28(25,26)27)11-10-12-6-2-1-3-7-12;1-5-9-13-17(14-10-6-2,15-11-7-3)16-12-8-4/h1-11,15-16H,(H,25,26,27);5-16H2,1-4H3/q;+1/b11-10-;. The van der Waals surface area contributed by atoms with E-state index in [9.17, 15) is 27.4 Å². The van der Waals surface area contributed by atoms with Gasteiger partial charge < -0.3 is 4.48 Å². The summed E-state index contributed by atoms with van der Waals surface area (Å²) in [5, 5.41) is 0. The van der Waals surface area contributed by atoms with Gasteiger partial charge >= 0.3 is 10.3 Å². The fourth-order valence-corrected chi connectivity index (χ4v) is 6.89. The minimum Gasteiger partial charge on any atom is -0.324 e. The van der Waals surface area contributed by atoms with Crippen LogP contribution in [0.2, 0.25) is 0 Å². The minimum atomic E-state index is -4.85. The molecule has 0 aromatic heterocycles. The summed E-state index contributed by atoms with van der Waals surface area (Å²) >= 11 is 0. The highest BCUT2D eigenvalue weighted by Gasteiger charge is 2.59. The number of β-lactam (4-membered cyclic amide) rings is 1. The van der Waals surface area contributed by atoms with E-state index in [1.807, 2.05) is 0 Å². The summed E-state index contributed by atoms with van der Waals surface area (Å²) in [5.74, 6) is -2.39. The first kappa shape index (κ1) is 36.1. The Morgan fingerprint density at radius 2 is 1.13 bits per heavy atom. The lowest BCUT2D eigenvalue weighted by Crippen LogP contribution is -2.72. The fourth-order valence-electron chi connectivity index (χ4n) is 6.06. The molecule has 2 aliphatic rings. The van der Waals surface area contributed by atoms with E-state index >= 15 is 0 Å². The van der Waals surface area contributed by atoms with Crippen LogP contribution in [0, 0.1) is 0 Å². The summed E-state index contributed by atoms with van der Waals surface area (Å²) in [6.07, 6.45) is 14.0. The van der Waals surface area contributed by atoms with Gasteiger partial charge in [-0.25, -0.2) is 4.31 Å². The highest BCUT2D eigenvalue weighted by molar-refractivity contribution is 7.84. The SMILES string of the molecule is CCCC[N+](CCCC)(CCCC)CCCC.O=C1c2ccccc2C(=O)N1C1C(=O)N(S(=O)(=O)O)C1/C=C\c1ccccc1. The van der Waals surface area contributed by atoms with Crippen LogP contribution in [0.5, 0.6) is 0 Å². The van der Waals surface area contributed by atoms with Crippen LogP contribution in [-0.2, 0) is 15.1 Å². The molecule has 1 saturated heterocycles. The molecular weight excluding hydrogens is 590 g/mol. The monoisotopic (exact) mass is 640 g/mol. The maximum absolute atomic E-state index is 12.7. The second-order valence-electron chi connectivity index (χ2n) is 12.0. The van der Waals surface area contributed by atoms with E-state index in [-0.39, 0.29) is 15.4 Å². The lowest BCUT2D eigenvalue weighted by atomic mass is 9.95. The predicted molar refractivity (Wildman–Crippen MR) is 178 cm³/mol. The molecule has 1 N–H and O–H groups in total. The van der Waals surface area contributed by atoms with E-state index in [1.165, 1.54) is 100 Å². The van der Waals surface area contributed by atoms with Gasteiger partial charge in [0.1, 0.15) is 6.04 Å². The normalized spacial score (nSPS) is 18.2. The van der Waals surface area contributed by atoms with Crippen molar-refractivity contribution in [1.29, 1.82) is 0 Å². The number of carbonyl (C=O) groups excluding carboxylic acids is 3. The first-order valence-electron chi connectivity index (χ1n) is 16.4. The smallest absolute Gasteiger partial charge is 0.324 e. The van der Waals surface area contributed by atoms with Crippen molar-refractivity contribution < 1.29 is 31.8 Å². The van der Waals surface area contributed by atoms with Crippen molar-refractivity contribution in [3.63, 3.8) is 0 Å². The highest BCUT2D eigenvalue weighted by Crippen LogP contribution is 2.35. The number of hydrogen-bond acceptors (Lipinski definition) is 5. The molecule has 0 aliphatic carbocycles. The second kappa shape index (κ2) is 16.8. The molecule has 2 aliphatic heterocycles. The van der Waals surface area contributed by atoms with Crippen LogP contribution in [0.4, 0.5) is 0 Å². The number of fused-ring (bicyclic) bond motifs is 1. The highest BCUT2D eigenvalue weighted by atomic mass is 32.2. The van der Waals surface area contributed by atoms with E-state index in [0.717, 1.165) is 10.5 Å². The van der Waals surface area contributed by atoms with Gasteiger partial charge in [0.05, 0.1) is 43.3 Å². The Morgan fingerprint density at radius 3 is 1.53 bits per heavy atom. The molecule has 45 heavy (non-hydrogen) atoms. The van der Waals surface area contributed by atoms with Crippen LogP contribution in [0.1, 0.15) is 105 Å². The van der Waals surface area contributed by atoms with Crippen LogP contribution in [0.3, 0.4) is 0 Å². The maximum atomic E-state index is 12.7. The number of nitrogens with zero attached hydrogens (tertiary/aromatic N) is 3. The van der Waals surface area contributed by atoms with Gasteiger partial charge in [0.15, 0.2) is 0 Å². The number of hydrogen-bond donors (Lipinski definition) is 1. The van der Waals surface area contributed by atoms with Gasteiger partial charge in [0.25, 0.3) is 17.7 Å². The molecule has 10 heteroatoms. The molecule has 2 aromatic carbocycles. The summed E-state index contributed by atoms with van der Waals surface area (Å²) in [4.78, 5) is 38.5. The Kier molecular flexibility index (Phi) is 13.5. The van der Waals surface area contributed by atoms with Crippen molar-refractivity contribution >= 4 is 34.1 Å². The number of benzene rings is 2. The largest absolute Gasteiger partial charge is 0.362 e. The third kappa shape index (κ3) is 8.89. The number of quaternary nitrogens is 1. The number of imide groups is 1. The number of amides is 3. The molecule has 0 bridgehead atoms. The van der Waals surface area contributed by atoms with Gasteiger partial charge in [-0.15, -0.1) is 0 Å². The Morgan fingerprint density at radius 1 is 0.711 bits per heavy atom. The topological polar surface area (TPSA) is 112 Å². The zero-order valence-corrected chi connectivity index (χ0v) is 28.0. The summed E-state index contributed by atoms with van der Waals surface area (Å²) in [5.41, 5.74) is 1.02. The summed E-state index contributed by atoms with van der Waals surface area (Å²) in [6.45, 7) is 15.0. The Labute approximate surface area is 269 Å². The second-order valence-corrected chi connectivity index (χ2v) is 13.3. The Bertz CT molecular complexity index is 1350. The molecule has 0 spiro atoms. The lowest BCUT2D eigenvalue weighted by Gasteiger charge is -2.45. The Hall–Kier alpha value is -3.34. The van der Waals surface area contributed by atoms with Crippen molar-refractivity contribution in [3.05, 3.63) is 77.4 Å². The molecule has 4 rings (SSSR count). The van der Waals surface area contributed by atoms with Crippen LogP contribution in [0.25, 0.3) is 6.08 Å². The van der Waals surface area contributed by atoms with E-state index in [4.69, 9.17) is 0 Å². The Balaban J connectivity index is 0.000000281. The summed E-state index contributed by atoms with van der Waals surface area (Å²) < 4.78 is 34.3. The van der Waals surface area contributed by atoms with Gasteiger partial charge in [-0.05, 0) is 43.4 Å². The predicted octanol–water partition coefficient (Wildman–Crippen LogP) is 6.38. The van der Waals surface area contributed by atoms with Gasteiger partial charge in [0.2, 0.25) is 0 Å². The van der Waals surface area contributed by atoms with E-state index in [1.54, 1.807) is 48.5 Å². The first-order chi connectivity index (χ1) is 21.5. The van der Waals surface area contributed by atoms with Crippen molar-refractivity contribution in [1.82, 2.24) is 9.21 Å².